The highest BCUT2D eigenvalue weighted by molar-refractivity contribution is 8.01. The molecular formula is C7H3ClN4O2S2. The molecule has 2 aromatic heterocycles. The van der Waals surface area contributed by atoms with Crippen LogP contribution in [0.5, 0.6) is 0 Å². The lowest BCUT2D eigenvalue weighted by molar-refractivity contribution is -0.388. The number of hydrogen-bond donors (Lipinski definition) is 0. The predicted octanol–water partition coefficient (Wildman–Crippen LogP) is 2.65. The molecule has 0 aliphatic heterocycles. The number of nitrogens with zero attached hydrogens (tertiary/aromatic N) is 4. The monoisotopic (exact) mass is 274 g/mol. The molecule has 2 aromatic rings. The molecule has 0 saturated heterocycles. The molecule has 6 nitrogen and oxygen atoms in total. The maximum absolute atomic E-state index is 10.7. The second-order valence-corrected chi connectivity index (χ2v) is 4.98. The van der Waals surface area contributed by atoms with Gasteiger partial charge in [-0.1, -0.05) is 22.9 Å². The quantitative estimate of drug-likeness (QED) is 0.486. The van der Waals surface area contributed by atoms with Gasteiger partial charge in [0.2, 0.25) is 0 Å². The van der Waals surface area contributed by atoms with Crippen LogP contribution in [-0.4, -0.2) is 20.1 Å². The Labute approximate surface area is 103 Å². The Bertz CT molecular complexity index is 519. The Morgan fingerprint density at radius 2 is 2.31 bits per heavy atom. The fraction of sp³-hybridized carbons (Fsp3) is 0. The van der Waals surface area contributed by atoms with E-state index in [1.54, 1.807) is 5.51 Å². The molecule has 2 heterocycles. The molecule has 0 radical (unpaired) electrons. The second kappa shape index (κ2) is 4.73. The zero-order valence-corrected chi connectivity index (χ0v) is 9.92. The van der Waals surface area contributed by atoms with Crippen molar-refractivity contribution in [1.82, 2.24) is 15.2 Å². The van der Waals surface area contributed by atoms with E-state index in [-0.39, 0.29) is 15.9 Å². The molecule has 0 fully saturated rings. The Kier molecular flexibility index (Phi) is 3.32. The third-order valence-electron chi connectivity index (χ3n) is 1.53. The van der Waals surface area contributed by atoms with Crippen LogP contribution in [-0.2, 0) is 0 Å². The van der Waals surface area contributed by atoms with Gasteiger partial charge >= 0.3 is 5.69 Å². The topological polar surface area (TPSA) is 81.8 Å². The summed E-state index contributed by atoms with van der Waals surface area (Å²) in [6.45, 7) is 0. The highest BCUT2D eigenvalue weighted by Gasteiger charge is 2.18. The Hall–Kier alpha value is -1.25. The van der Waals surface area contributed by atoms with Crippen LogP contribution in [0.3, 0.4) is 0 Å². The van der Waals surface area contributed by atoms with Crippen molar-refractivity contribution in [3.8, 4) is 0 Å². The first-order valence-corrected chi connectivity index (χ1v) is 5.99. The summed E-state index contributed by atoms with van der Waals surface area (Å²) >= 11 is 8.03. The summed E-state index contributed by atoms with van der Waals surface area (Å²) in [5.41, 5.74) is 1.45. The normalized spacial score (nSPS) is 10.3. The SMILES string of the molecule is O=[N+]([O-])c1ccc(Cl)nc1Sc1nncs1. The maximum Gasteiger partial charge on any atom is 0.301 e. The minimum atomic E-state index is -0.507. The summed E-state index contributed by atoms with van der Waals surface area (Å²) in [5.74, 6) is 0. The zero-order chi connectivity index (χ0) is 11.5. The molecule has 82 valence electrons. The van der Waals surface area contributed by atoms with Crippen LogP contribution in [0, 0.1) is 10.1 Å². The average molecular weight is 275 g/mol. The third-order valence-corrected chi connectivity index (χ3v) is 3.51. The van der Waals surface area contributed by atoms with Crippen LogP contribution in [0.15, 0.2) is 27.0 Å². The molecule has 0 aliphatic rings. The Morgan fingerprint density at radius 3 is 2.94 bits per heavy atom. The van der Waals surface area contributed by atoms with Gasteiger partial charge in [-0.2, -0.15) is 0 Å². The van der Waals surface area contributed by atoms with Gasteiger partial charge in [0.05, 0.1) is 4.92 Å². The minimum absolute atomic E-state index is 0.0930. The standard InChI is InChI=1S/C7H3ClN4O2S2/c8-5-2-1-4(12(13)14)6(10-5)16-7-11-9-3-15-7/h1-3H. The van der Waals surface area contributed by atoms with Crippen LogP contribution in [0.1, 0.15) is 0 Å². The second-order valence-electron chi connectivity index (χ2n) is 2.52. The van der Waals surface area contributed by atoms with Crippen molar-refractivity contribution in [2.75, 3.05) is 0 Å². The van der Waals surface area contributed by atoms with Gasteiger partial charge in [0.25, 0.3) is 0 Å². The first-order valence-electron chi connectivity index (χ1n) is 3.92. The lowest BCUT2D eigenvalue weighted by Crippen LogP contribution is -1.93. The smallest absolute Gasteiger partial charge is 0.258 e. The van der Waals surface area contributed by atoms with Gasteiger partial charge in [-0.15, -0.1) is 10.2 Å². The van der Waals surface area contributed by atoms with Crippen molar-refractivity contribution >= 4 is 40.4 Å². The van der Waals surface area contributed by atoms with Crippen molar-refractivity contribution in [2.24, 2.45) is 0 Å². The van der Waals surface area contributed by atoms with Gasteiger partial charge < -0.3 is 0 Å². The fourth-order valence-electron chi connectivity index (χ4n) is 0.915. The van der Waals surface area contributed by atoms with Gasteiger partial charge in [-0.25, -0.2) is 4.98 Å². The zero-order valence-electron chi connectivity index (χ0n) is 7.53. The fourth-order valence-corrected chi connectivity index (χ4v) is 2.59. The van der Waals surface area contributed by atoms with E-state index in [1.807, 2.05) is 0 Å². The third kappa shape index (κ3) is 2.46. The number of rotatable bonds is 3. The molecule has 0 bridgehead atoms. The summed E-state index contributed by atoms with van der Waals surface area (Å²) in [6, 6.07) is 2.70. The number of halogens is 1. The molecule has 0 N–H and O–H groups in total. The van der Waals surface area contributed by atoms with Crippen molar-refractivity contribution in [1.29, 1.82) is 0 Å². The van der Waals surface area contributed by atoms with Gasteiger partial charge in [-0.05, 0) is 17.8 Å². The highest BCUT2D eigenvalue weighted by Crippen LogP contribution is 2.34. The van der Waals surface area contributed by atoms with Crippen LogP contribution in [0.2, 0.25) is 5.15 Å². The van der Waals surface area contributed by atoms with E-state index in [2.05, 4.69) is 15.2 Å². The van der Waals surface area contributed by atoms with Crippen LogP contribution < -0.4 is 0 Å². The number of hydrogen-bond acceptors (Lipinski definition) is 7. The van der Waals surface area contributed by atoms with Crippen LogP contribution in [0.25, 0.3) is 0 Å². The van der Waals surface area contributed by atoms with E-state index in [4.69, 9.17) is 11.6 Å². The van der Waals surface area contributed by atoms with Crippen molar-refractivity contribution in [3.63, 3.8) is 0 Å². The average Bonchev–Trinajstić information content (AvgIpc) is 2.70. The lowest BCUT2D eigenvalue weighted by atomic mass is 10.4. The number of nitro groups is 1. The minimum Gasteiger partial charge on any atom is -0.258 e. The van der Waals surface area contributed by atoms with Gasteiger partial charge in [0, 0.05) is 6.07 Å². The summed E-state index contributed by atoms with van der Waals surface area (Å²) in [7, 11) is 0. The van der Waals surface area contributed by atoms with E-state index < -0.39 is 4.92 Å². The van der Waals surface area contributed by atoms with E-state index in [9.17, 15) is 10.1 Å². The van der Waals surface area contributed by atoms with Crippen molar-refractivity contribution < 1.29 is 4.92 Å². The maximum atomic E-state index is 10.7. The molecule has 16 heavy (non-hydrogen) atoms. The molecule has 0 saturated carbocycles. The molecule has 0 atom stereocenters. The van der Waals surface area contributed by atoms with Gasteiger partial charge in [0.15, 0.2) is 9.37 Å². The van der Waals surface area contributed by atoms with Crippen LogP contribution >= 0.6 is 34.7 Å². The summed E-state index contributed by atoms with van der Waals surface area (Å²) in [5, 5.41) is 18.6. The highest BCUT2D eigenvalue weighted by atomic mass is 35.5. The first-order chi connectivity index (χ1) is 7.66. The summed E-state index contributed by atoms with van der Waals surface area (Å²) in [6.07, 6.45) is 0. The molecule has 0 amide bonds. The van der Waals surface area contributed by atoms with Crippen molar-refractivity contribution in [3.05, 3.63) is 32.9 Å². The van der Waals surface area contributed by atoms with E-state index in [1.165, 1.54) is 23.5 Å². The number of pyridine rings is 1. The van der Waals surface area contributed by atoms with E-state index in [0.29, 0.717) is 4.34 Å². The molecular weight excluding hydrogens is 272 g/mol. The van der Waals surface area contributed by atoms with Gasteiger partial charge in [0.1, 0.15) is 10.7 Å². The molecule has 0 aliphatic carbocycles. The predicted molar refractivity (Wildman–Crippen MR) is 59.9 cm³/mol. The van der Waals surface area contributed by atoms with Crippen LogP contribution in [0.4, 0.5) is 5.69 Å². The number of aromatic nitrogens is 3. The molecule has 2 rings (SSSR count). The first kappa shape index (κ1) is 11.2. The van der Waals surface area contributed by atoms with E-state index in [0.717, 1.165) is 11.8 Å². The Balaban J connectivity index is 2.38. The van der Waals surface area contributed by atoms with E-state index >= 15 is 0 Å². The summed E-state index contributed by atoms with van der Waals surface area (Å²) in [4.78, 5) is 14.1. The molecule has 0 spiro atoms. The largest absolute Gasteiger partial charge is 0.301 e. The van der Waals surface area contributed by atoms with Crippen molar-refractivity contribution in [2.45, 2.75) is 9.37 Å². The van der Waals surface area contributed by atoms with Gasteiger partial charge in [-0.3, -0.25) is 10.1 Å². The molecule has 0 aromatic carbocycles. The Morgan fingerprint density at radius 1 is 1.50 bits per heavy atom. The summed E-state index contributed by atoms with van der Waals surface area (Å²) < 4.78 is 0.581. The molecule has 9 heteroatoms. The molecule has 0 unspecified atom stereocenters. The lowest BCUT2D eigenvalue weighted by Gasteiger charge is -1.98.